The number of hydrogen-bond donors (Lipinski definition) is 0. The van der Waals surface area contributed by atoms with Crippen LogP contribution in [0.2, 0.25) is 0 Å². The molecule has 4 heteroatoms. The summed E-state index contributed by atoms with van der Waals surface area (Å²) in [7, 11) is 3.74. The molecule has 0 atom stereocenters. The summed E-state index contributed by atoms with van der Waals surface area (Å²) in [6.45, 7) is 2.10. The first-order chi connectivity index (χ1) is 11.2. The van der Waals surface area contributed by atoms with Gasteiger partial charge in [0.05, 0.1) is 18.1 Å². The minimum Gasteiger partial charge on any atom is -0.497 e. The smallest absolute Gasteiger partial charge is 0.148 e. The van der Waals surface area contributed by atoms with Crippen molar-refractivity contribution in [2.24, 2.45) is 7.05 Å². The van der Waals surface area contributed by atoms with E-state index in [1.165, 1.54) is 5.52 Å². The first-order valence-electron chi connectivity index (χ1n) is 7.40. The molecule has 2 heterocycles. The molecule has 4 rings (SSSR count). The van der Waals surface area contributed by atoms with Crippen molar-refractivity contribution >= 4 is 32.6 Å². The molecule has 0 bridgehead atoms. The van der Waals surface area contributed by atoms with Crippen molar-refractivity contribution in [2.75, 3.05) is 7.11 Å². The lowest BCUT2D eigenvalue weighted by Gasteiger charge is -2.07. The van der Waals surface area contributed by atoms with E-state index in [2.05, 4.69) is 41.7 Å². The number of fused-ring (bicyclic) bond motifs is 4. The van der Waals surface area contributed by atoms with Crippen molar-refractivity contribution in [1.82, 2.24) is 9.55 Å². The lowest BCUT2D eigenvalue weighted by Crippen LogP contribution is -1.93. The molecule has 0 amide bonds. The molecule has 4 aromatic rings. The van der Waals surface area contributed by atoms with E-state index in [1.807, 2.05) is 18.2 Å². The summed E-state index contributed by atoms with van der Waals surface area (Å²) in [5, 5.41) is 13.6. The molecule has 23 heavy (non-hydrogen) atoms. The summed E-state index contributed by atoms with van der Waals surface area (Å²) >= 11 is 0. The Morgan fingerprint density at radius 3 is 2.65 bits per heavy atom. The quantitative estimate of drug-likeness (QED) is 0.532. The molecule has 0 N–H and O–H groups in total. The van der Waals surface area contributed by atoms with Crippen LogP contribution in [0.4, 0.5) is 0 Å². The van der Waals surface area contributed by atoms with Gasteiger partial charge in [-0.15, -0.1) is 0 Å². The largest absolute Gasteiger partial charge is 0.497 e. The molecular formula is C19H15N3O. The molecule has 0 fully saturated rings. The Morgan fingerprint density at radius 1 is 1.09 bits per heavy atom. The molecule has 2 aromatic carbocycles. The van der Waals surface area contributed by atoms with E-state index < -0.39 is 0 Å². The zero-order valence-corrected chi connectivity index (χ0v) is 13.2. The van der Waals surface area contributed by atoms with E-state index in [0.717, 1.165) is 38.4 Å². The maximum atomic E-state index is 9.35. The van der Waals surface area contributed by atoms with E-state index in [4.69, 9.17) is 4.74 Å². The third kappa shape index (κ3) is 1.74. The number of aryl methyl sites for hydroxylation is 2. The van der Waals surface area contributed by atoms with Crippen LogP contribution in [0.25, 0.3) is 32.6 Å². The normalized spacial score (nSPS) is 11.2. The molecule has 0 saturated heterocycles. The Morgan fingerprint density at radius 2 is 1.91 bits per heavy atom. The topological polar surface area (TPSA) is 50.8 Å². The fourth-order valence-corrected chi connectivity index (χ4v) is 3.48. The number of hydrogen-bond acceptors (Lipinski definition) is 3. The van der Waals surface area contributed by atoms with Gasteiger partial charge >= 0.3 is 0 Å². The first kappa shape index (κ1) is 13.6. The third-order valence-electron chi connectivity index (χ3n) is 4.59. The first-order valence-corrected chi connectivity index (χ1v) is 7.40. The maximum Gasteiger partial charge on any atom is 0.148 e. The lowest BCUT2D eigenvalue weighted by molar-refractivity contribution is 0.415. The summed E-state index contributed by atoms with van der Waals surface area (Å²) in [4.78, 5) is 4.20. The molecule has 0 aliphatic carbocycles. The van der Waals surface area contributed by atoms with Crippen molar-refractivity contribution in [2.45, 2.75) is 6.92 Å². The number of nitrogens with zero attached hydrogens (tertiary/aromatic N) is 3. The summed E-state index contributed by atoms with van der Waals surface area (Å²) < 4.78 is 7.54. The Kier molecular flexibility index (Phi) is 2.79. The monoisotopic (exact) mass is 301 g/mol. The van der Waals surface area contributed by atoms with Gasteiger partial charge in [0, 0.05) is 35.5 Å². The fourth-order valence-electron chi connectivity index (χ4n) is 3.48. The van der Waals surface area contributed by atoms with Crippen LogP contribution in [0.15, 0.2) is 36.5 Å². The minimum atomic E-state index is 0.470. The highest BCUT2D eigenvalue weighted by Crippen LogP contribution is 2.36. The molecule has 0 radical (unpaired) electrons. The lowest BCUT2D eigenvalue weighted by atomic mass is 10.0. The Hall–Kier alpha value is -3.06. The highest BCUT2D eigenvalue weighted by molar-refractivity contribution is 6.15. The van der Waals surface area contributed by atoms with Gasteiger partial charge in [0.25, 0.3) is 0 Å². The van der Waals surface area contributed by atoms with Gasteiger partial charge in [-0.3, -0.25) is 0 Å². The zero-order chi connectivity index (χ0) is 16.1. The van der Waals surface area contributed by atoms with Crippen molar-refractivity contribution in [3.63, 3.8) is 0 Å². The number of benzene rings is 2. The van der Waals surface area contributed by atoms with Crippen LogP contribution in [-0.4, -0.2) is 16.7 Å². The standard InChI is InChI=1S/C19H15N3O/c1-11-13-6-7-21-17(10-20)15(13)9-16-14-5-4-12(23-3)8-18(14)22(2)19(11)16/h4-9H,1-3H3. The van der Waals surface area contributed by atoms with Crippen LogP contribution >= 0.6 is 0 Å². The van der Waals surface area contributed by atoms with Gasteiger partial charge in [-0.2, -0.15) is 5.26 Å². The van der Waals surface area contributed by atoms with E-state index >= 15 is 0 Å². The Labute approximate surface area is 133 Å². The van der Waals surface area contributed by atoms with Gasteiger partial charge in [-0.05, 0) is 42.1 Å². The summed E-state index contributed by atoms with van der Waals surface area (Å²) in [6.07, 6.45) is 1.70. The van der Waals surface area contributed by atoms with Crippen LogP contribution in [0, 0.1) is 18.3 Å². The molecule has 112 valence electrons. The molecule has 2 aromatic heterocycles. The van der Waals surface area contributed by atoms with Crippen molar-refractivity contribution < 1.29 is 4.74 Å². The van der Waals surface area contributed by atoms with Gasteiger partial charge < -0.3 is 9.30 Å². The van der Waals surface area contributed by atoms with Crippen LogP contribution in [0.5, 0.6) is 5.75 Å². The van der Waals surface area contributed by atoms with Crippen molar-refractivity contribution in [3.8, 4) is 11.8 Å². The Bertz CT molecular complexity index is 1130. The average molecular weight is 301 g/mol. The second kappa shape index (κ2) is 4.72. The predicted molar refractivity (Wildman–Crippen MR) is 91.7 cm³/mol. The number of rotatable bonds is 1. The number of methoxy groups -OCH3 is 1. The van der Waals surface area contributed by atoms with E-state index in [1.54, 1.807) is 13.3 Å². The van der Waals surface area contributed by atoms with Crippen LogP contribution in [0.1, 0.15) is 11.3 Å². The van der Waals surface area contributed by atoms with Gasteiger partial charge in [0.1, 0.15) is 17.5 Å². The summed E-state index contributed by atoms with van der Waals surface area (Å²) in [5.41, 5.74) is 3.92. The summed E-state index contributed by atoms with van der Waals surface area (Å²) in [6, 6.07) is 12.3. The Balaban J connectivity index is 2.28. The molecular weight excluding hydrogens is 286 g/mol. The van der Waals surface area contributed by atoms with Gasteiger partial charge in [0.2, 0.25) is 0 Å². The average Bonchev–Trinajstić information content (AvgIpc) is 2.87. The molecule has 0 saturated carbocycles. The van der Waals surface area contributed by atoms with Crippen molar-refractivity contribution in [1.29, 1.82) is 5.26 Å². The van der Waals surface area contributed by atoms with Crippen molar-refractivity contribution in [3.05, 3.63) is 47.8 Å². The number of aromatic nitrogens is 2. The van der Waals surface area contributed by atoms with E-state index in [0.29, 0.717) is 5.69 Å². The summed E-state index contributed by atoms with van der Waals surface area (Å²) in [5.74, 6) is 0.838. The second-order valence-electron chi connectivity index (χ2n) is 5.71. The highest BCUT2D eigenvalue weighted by atomic mass is 16.5. The number of pyridine rings is 1. The minimum absolute atomic E-state index is 0.470. The third-order valence-corrected chi connectivity index (χ3v) is 4.59. The number of nitriles is 1. The predicted octanol–water partition coefficient (Wildman–Crippen LogP) is 4.07. The number of ether oxygens (including phenoxy) is 1. The molecule has 0 spiro atoms. The molecule has 4 nitrogen and oxygen atoms in total. The maximum absolute atomic E-state index is 9.35. The zero-order valence-electron chi connectivity index (χ0n) is 13.2. The van der Waals surface area contributed by atoms with E-state index in [-0.39, 0.29) is 0 Å². The SMILES string of the molecule is COc1ccc2c3cc4c(C#N)nccc4c(C)c3n(C)c2c1. The van der Waals surface area contributed by atoms with Crippen LogP contribution in [-0.2, 0) is 7.05 Å². The van der Waals surface area contributed by atoms with Gasteiger partial charge in [-0.1, -0.05) is 0 Å². The van der Waals surface area contributed by atoms with Crippen LogP contribution < -0.4 is 4.74 Å². The molecule has 0 aliphatic rings. The second-order valence-corrected chi connectivity index (χ2v) is 5.71. The van der Waals surface area contributed by atoms with E-state index in [9.17, 15) is 5.26 Å². The fraction of sp³-hybridized carbons (Fsp3) is 0.158. The molecule has 0 unspecified atom stereocenters. The van der Waals surface area contributed by atoms with Crippen LogP contribution in [0.3, 0.4) is 0 Å². The molecule has 0 aliphatic heterocycles. The highest BCUT2D eigenvalue weighted by Gasteiger charge is 2.15. The van der Waals surface area contributed by atoms with Gasteiger partial charge in [-0.25, -0.2) is 4.98 Å². The van der Waals surface area contributed by atoms with Gasteiger partial charge in [0.15, 0.2) is 0 Å².